The summed E-state index contributed by atoms with van der Waals surface area (Å²) in [4.78, 5) is 2.24. The van der Waals surface area contributed by atoms with Crippen molar-refractivity contribution in [2.45, 2.75) is 0 Å². The molecule has 0 N–H and O–H groups in total. The van der Waals surface area contributed by atoms with Crippen LogP contribution in [0.4, 0.5) is 5.69 Å². The van der Waals surface area contributed by atoms with Crippen LogP contribution in [0.5, 0.6) is 0 Å². The van der Waals surface area contributed by atoms with Crippen LogP contribution in [0.25, 0.3) is 32.7 Å². The highest BCUT2D eigenvalue weighted by Gasteiger charge is 2.18. The highest BCUT2D eigenvalue weighted by Crippen LogP contribution is 2.43. The molecular weight excluding hydrogens is 333 g/mol. The number of benzene rings is 4. The van der Waals surface area contributed by atoms with Gasteiger partial charge in [-0.2, -0.15) is 0 Å². The minimum absolute atomic E-state index is 0.219. The van der Waals surface area contributed by atoms with E-state index in [-0.39, 0.29) is 7.92 Å². The van der Waals surface area contributed by atoms with Crippen LogP contribution in [0.1, 0.15) is 0 Å². The number of rotatable bonds is 3. The number of anilines is 1. The first-order valence-corrected chi connectivity index (χ1v) is 11.2. The summed E-state index contributed by atoms with van der Waals surface area (Å²) in [6, 6.07) is 26.6. The van der Waals surface area contributed by atoms with Crippen LogP contribution in [0.3, 0.4) is 0 Å². The molecule has 0 aromatic heterocycles. The number of nitrogens with zero attached hydrogens (tertiary/aromatic N) is 1. The molecule has 0 aliphatic heterocycles. The van der Waals surface area contributed by atoms with Gasteiger partial charge in [0.15, 0.2) is 0 Å². The van der Waals surface area contributed by atoms with E-state index in [0.29, 0.717) is 0 Å². The summed E-state index contributed by atoms with van der Waals surface area (Å²) in [7, 11) is 4.06. The monoisotopic (exact) mass is 357 g/mol. The molecule has 0 spiro atoms. The lowest BCUT2D eigenvalue weighted by atomic mass is 9.92. The molecule has 4 rings (SSSR count). The highest BCUT2D eigenvalue weighted by molar-refractivity contribution is 7.64. The van der Waals surface area contributed by atoms with E-state index in [9.17, 15) is 0 Å². The Morgan fingerprint density at radius 1 is 0.615 bits per heavy atom. The molecule has 1 nitrogen and oxygen atoms in total. The minimum Gasteiger partial charge on any atom is -0.377 e. The molecule has 0 aliphatic rings. The molecule has 4 aromatic rings. The molecule has 4 aromatic carbocycles. The standard InChI is InChI=1S/C24H24NP/c1-25(2)21-15-13-17-9-5-7-11-19(17)23(21)24-20-12-8-6-10-18(20)14-16-22(24)26(3)4/h5-16H,1-4H3. The van der Waals surface area contributed by atoms with Crippen LogP contribution in [0.15, 0.2) is 72.8 Å². The first-order valence-electron chi connectivity index (χ1n) is 8.96. The Labute approximate surface area is 157 Å². The Balaban J connectivity index is 2.23. The normalized spacial score (nSPS) is 11.4. The third-order valence-corrected chi connectivity index (χ3v) is 6.36. The Bertz CT molecular complexity index is 1010. The fourth-order valence-electron chi connectivity index (χ4n) is 3.79. The van der Waals surface area contributed by atoms with E-state index in [1.807, 2.05) is 0 Å². The fourth-order valence-corrected chi connectivity index (χ4v) is 4.84. The highest BCUT2D eigenvalue weighted by atomic mass is 31.1. The molecule has 0 unspecified atom stereocenters. The summed E-state index contributed by atoms with van der Waals surface area (Å²) in [5.41, 5.74) is 4.04. The van der Waals surface area contributed by atoms with Gasteiger partial charge in [0.25, 0.3) is 0 Å². The molecule has 0 bridgehead atoms. The van der Waals surface area contributed by atoms with Crippen LogP contribution in [0, 0.1) is 0 Å². The molecule has 130 valence electrons. The zero-order chi connectivity index (χ0) is 18.3. The Hall–Kier alpha value is -2.37. The van der Waals surface area contributed by atoms with Gasteiger partial charge in [-0.15, -0.1) is 0 Å². The second-order valence-corrected chi connectivity index (χ2v) is 9.42. The first-order chi connectivity index (χ1) is 12.6. The molecule has 2 heteroatoms. The van der Waals surface area contributed by atoms with Crippen molar-refractivity contribution < 1.29 is 0 Å². The van der Waals surface area contributed by atoms with E-state index in [0.717, 1.165) is 0 Å². The summed E-state index contributed by atoms with van der Waals surface area (Å²) in [6.45, 7) is 4.70. The van der Waals surface area contributed by atoms with Gasteiger partial charge in [-0.3, -0.25) is 0 Å². The number of fused-ring (bicyclic) bond motifs is 2. The maximum absolute atomic E-state index is 2.35. The Morgan fingerprint density at radius 3 is 1.73 bits per heavy atom. The van der Waals surface area contributed by atoms with E-state index in [1.165, 1.54) is 43.7 Å². The molecule has 0 aliphatic carbocycles. The summed E-state index contributed by atoms with van der Waals surface area (Å²) in [5, 5.41) is 6.75. The van der Waals surface area contributed by atoms with Crippen molar-refractivity contribution in [3.8, 4) is 11.1 Å². The smallest absolute Gasteiger partial charge is 0.0447 e. The summed E-state index contributed by atoms with van der Waals surface area (Å²) in [5.74, 6) is 0. The quantitative estimate of drug-likeness (QED) is 0.401. The van der Waals surface area contributed by atoms with Crippen LogP contribution in [-0.2, 0) is 0 Å². The van der Waals surface area contributed by atoms with Crippen molar-refractivity contribution in [1.82, 2.24) is 0 Å². The van der Waals surface area contributed by atoms with Crippen LogP contribution >= 0.6 is 7.92 Å². The minimum atomic E-state index is -0.219. The van der Waals surface area contributed by atoms with Crippen LogP contribution in [-0.4, -0.2) is 27.4 Å². The molecule has 0 radical (unpaired) electrons. The lowest BCUT2D eigenvalue weighted by Crippen LogP contribution is -2.13. The van der Waals surface area contributed by atoms with Crippen LogP contribution < -0.4 is 10.2 Å². The Kier molecular flexibility index (Phi) is 4.42. The van der Waals surface area contributed by atoms with Gasteiger partial charge in [0.2, 0.25) is 0 Å². The van der Waals surface area contributed by atoms with Crippen molar-refractivity contribution in [2.75, 3.05) is 32.3 Å². The van der Waals surface area contributed by atoms with Gasteiger partial charge in [0.1, 0.15) is 0 Å². The molecule has 0 atom stereocenters. The van der Waals surface area contributed by atoms with Gasteiger partial charge in [-0.25, -0.2) is 0 Å². The van der Waals surface area contributed by atoms with Gasteiger partial charge in [-0.1, -0.05) is 74.7 Å². The van der Waals surface area contributed by atoms with Crippen molar-refractivity contribution in [2.24, 2.45) is 0 Å². The SMILES string of the molecule is CN(C)c1ccc2ccccc2c1-c1c(P(C)C)ccc2ccccc12. The number of hydrogen-bond donors (Lipinski definition) is 0. The van der Waals surface area contributed by atoms with Crippen LogP contribution in [0.2, 0.25) is 0 Å². The summed E-state index contributed by atoms with van der Waals surface area (Å²) >= 11 is 0. The largest absolute Gasteiger partial charge is 0.377 e. The molecule has 0 fully saturated rings. The van der Waals surface area contributed by atoms with Gasteiger partial charge in [0.05, 0.1) is 0 Å². The summed E-state index contributed by atoms with van der Waals surface area (Å²) < 4.78 is 0. The predicted octanol–water partition coefficient (Wildman–Crippen LogP) is 6.09. The first kappa shape index (κ1) is 17.1. The third kappa shape index (κ3) is 2.77. The number of hydrogen-bond acceptors (Lipinski definition) is 1. The second-order valence-electron chi connectivity index (χ2n) is 7.15. The molecule has 0 heterocycles. The topological polar surface area (TPSA) is 3.24 Å². The summed E-state index contributed by atoms with van der Waals surface area (Å²) in [6.07, 6.45) is 0. The van der Waals surface area contributed by atoms with E-state index in [2.05, 4.69) is 105 Å². The zero-order valence-electron chi connectivity index (χ0n) is 15.8. The van der Waals surface area contributed by atoms with Gasteiger partial charge in [-0.05, 0) is 51.8 Å². The van der Waals surface area contributed by atoms with Crippen molar-refractivity contribution >= 4 is 40.5 Å². The molecular formula is C24H24NP. The van der Waals surface area contributed by atoms with E-state index < -0.39 is 0 Å². The van der Waals surface area contributed by atoms with Gasteiger partial charge >= 0.3 is 0 Å². The average molecular weight is 357 g/mol. The molecule has 0 saturated heterocycles. The van der Waals surface area contributed by atoms with Crippen molar-refractivity contribution in [3.05, 3.63) is 72.8 Å². The van der Waals surface area contributed by atoms with E-state index in [1.54, 1.807) is 0 Å². The lowest BCUT2D eigenvalue weighted by molar-refractivity contribution is 1.14. The van der Waals surface area contributed by atoms with Crippen molar-refractivity contribution in [3.63, 3.8) is 0 Å². The maximum Gasteiger partial charge on any atom is 0.0447 e. The third-order valence-electron chi connectivity index (χ3n) is 5.03. The molecule has 26 heavy (non-hydrogen) atoms. The van der Waals surface area contributed by atoms with E-state index >= 15 is 0 Å². The average Bonchev–Trinajstić information content (AvgIpc) is 2.66. The molecule has 0 saturated carbocycles. The zero-order valence-corrected chi connectivity index (χ0v) is 16.7. The predicted molar refractivity (Wildman–Crippen MR) is 120 cm³/mol. The maximum atomic E-state index is 2.35. The van der Waals surface area contributed by atoms with E-state index in [4.69, 9.17) is 0 Å². The van der Waals surface area contributed by atoms with Gasteiger partial charge in [0, 0.05) is 25.3 Å². The second kappa shape index (κ2) is 6.74. The van der Waals surface area contributed by atoms with Crippen molar-refractivity contribution in [1.29, 1.82) is 0 Å². The van der Waals surface area contributed by atoms with Gasteiger partial charge < -0.3 is 4.90 Å². The Morgan fingerprint density at radius 2 is 1.15 bits per heavy atom. The fraction of sp³-hybridized carbons (Fsp3) is 0.167. The lowest BCUT2D eigenvalue weighted by Gasteiger charge is -2.24. The molecule has 0 amide bonds.